The molecule has 1 amide bonds. The van der Waals surface area contributed by atoms with E-state index in [-0.39, 0.29) is 10.8 Å². The monoisotopic (exact) mass is 348 g/mol. The molecular weight excluding hydrogens is 328 g/mol. The van der Waals surface area contributed by atoms with Crippen LogP contribution < -0.4 is 5.32 Å². The van der Waals surface area contributed by atoms with E-state index in [9.17, 15) is 13.2 Å². The van der Waals surface area contributed by atoms with Crippen LogP contribution in [0.25, 0.3) is 0 Å². The molecule has 0 aliphatic rings. The first kappa shape index (κ1) is 18.1. The Balaban J connectivity index is 2.17. The van der Waals surface area contributed by atoms with Gasteiger partial charge in [-0.3, -0.25) is 9.63 Å². The van der Waals surface area contributed by atoms with Crippen LogP contribution in [0.3, 0.4) is 0 Å². The summed E-state index contributed by atoms with van der Waals surface area (Å²) in [5.74, 6) is -0.247. The standard InChI is InChI=1S/C17H20N2O4S/c1-12-5-6-14(11-13(12)2)17(20)18-15-7-9-16(10-8-15)24(21,22)19(3)23-4/h5-11H,1-4H3,(H,18,20). The van der Waals surface area contributed by atoms with E-state index in [1.165, 1.54) is 38.4 Å². The van der Waals surface area contributed by atoms with Crippen LogP contribution >= 0.6 is 0 Å². The number of sulfonamides is 1. The second-order valence-electron chi connectivity index (χ2n) is 5.37. The molecule has 0 saturated carbocycles. The summed E-state index contributed by atoms with van der Waals surface area (Å²) in [7, 11) is -1.11. The molecule has 2 aromatic rings. The first-order valence-electron chi connectivity index (χ1n) is 7.27. The molecule has 2 rings (SSSR count). The van der Waals surface area contributed by atoms with Crippen LogP contribution in [-0.2, 0) is 14.9 Å². The maximum absolute atomic E-state index is 12.3. The van der Waals surface area contributed by atoms with E-state index < -0.39 is 10.0 Å². The molecule has 0 heterocycles. The second kappa shape index (κ2) is 7.12. The van der Waals surface area contributed by atoms with Gasteiger partial charge in [0.2, 0.25) is 0 Å². The number of amides is 1. The molecule has 128 valence electrons. The van der Waals surface area contributed by atoms with Crippen molar-refractivity contribution in [1.29, 1.82) is 0 Å². The number of nitrogens with zero attached hydrogens (tertiary/aromatic N) is 1. The minimum atomic E-state index is -3.70. The highest BCUT2D eigenvalue weighted by atomic mass is 32.2. The fourth-order valence-electron chi connectivity index (χ4n) is 2.04. The molecular formula is C17H20N2O4S. The van der Waals surface area contributed by atoms with Gasteiger partial charge in [-0.1, -0.05) is 10.5 Å². The quantitative estimate of drug-likeness (QED) is 0.843. The van der Waals surface area contributed by atoms with Gasteiger partial charge in [-0.15, -0.1) is 0 Å². The van der Waals surface area contributed by atoms with E-state index in [0.29, 0.717) is 11.3 Å². The molecule has 0 atom stereocenters. The van der Waals surface area contributed by atoms with Gasteiger partial charge < -0.3 is 5.32 Å². The summed E-state index contributed by atoms with van der Waals surface area (Å²) in [6, 6.07) is 11.4. The summed E-state index contributed by atoms with van der Waals surface area (Å²) in [6.07, 6.45) is 0. The van der Waals surface area contributed by atoms with Crippen LogP contribution in [0.2, 0.25) is 0 Å². The normalized spacial score (nSPS) is 11.5. The predicted octanol–water partition coefficient (Wildman–Crippen LogP) is 2.74. The van der Waals surface area contributed by atoms with E-state index in [1.54, 1.807) is 6.07 Å². The van der Waals surface area contributed by atoms with Gasteiger partial charge in [-0.2, -0.15) is 0 Å². The highest BCUT2D eigenvalue weighted by molar-refractivity contribution is 7.89. The van der Waals surface area contributed by atoms with E-state index in [1.807, 2.05) is 26.0 Å². The number of carbonyl (C=O) groups excluding carboxylic acids is 1. The fourth-order valence-corrected chi connectivity index (χ4v) is 3.02. The van der Waals surface area contributed by atoms with Gasteiger partial charge in [0.15, 0.2) is 0 Å². The molecule has 0 aliphatic heterocycles. The number of benzene rings is 2. The van der Waals surface area contributed by atoms with E-state index in [2.05, 4.69) is 5.32 Å². The second-order valence-corrected chi connectivity index (χ2v) is 7.31. The molecule has 7 heteroatoms. The lowest BCUT2D eigenvalue weighted by molar-refractivity contribution is -0.0258. The summed E-state index contributed by atoms with van der Waals surface area (Å²) in [5, 5.41) is 2.75. The van der Waals surface area contributed by atoms with Crippen LogP contribution in [0, 0.1) is 13.8 Å². The van der Waals surface area contributed by atoms with Crippen molar-refractivity contribution < 1.29 is 18.0 Å². The molecule has 0 spiro atoms. The number of rotatable bonds is 5. The van der Waals surface area contributed by atoms with Crippen LogP contribution in [-0.4, -0.2) is 33.0 Å². The topological polar surface area (TPSA) is 75.7 Å². The van der Waals surface area contributed by atoms with E-state index in [4.69, 9.17) is 4.84 Å². The van der Waals surface area contributed by atoms with Gasteiger partial charge in [0.05, 0.1) is 12.0 Å². The molecule has 2 aromatic carbocycles. The fraction of sp³-hybridized carbons (Fsp3) is 0.235. The Labute approximate surface area is 142 Å². The van der Waals surface area contributed by atoms with Crippen LogP contribution in [0.5, 0.6) is 0 Å². The van der Waals surface area contributed by atoms with Crippen molar-refractivity contribution in [3.05, 3.63) is 59.2 Å². The lowest BCUT2D eigenvalue weighted by atomic mass is 10.1. The molecule has 0 saturated heterocycles. The van der Waals surface area contributed by atoms with Crippen molar-refractivity contribution >= 4 is 21.6 Å². The first-order valence-corrected chi connectivity index (χ1v) is 8.71. The van der Waals surface area contributed by atoms with Crippen molar-refractivity contribution in [1.82, 2.24) is 4.47 Å². The number of hydrogen-bond donors (Lipinski definition) is 1. The number of anilines is 1. The Morgan fingerprint density at radius 3 is 2.21 bits per heavy atom. The minimum Gasteiger partial charge on any atom is -0.322 e. The van der Waals surface area contributed by atoms with Crippen molar-refractivity contribution in [3.8, 4) is 0 Å². The average Bonchev–Trinajstić information content (AvgIpc) is 2.56. The molecule has 1 N–H and O–H groups in total. The lowest BCUT2D eigenvalue weighted by Crippen LogP contribution is -2.25. The zero-order chi connectivity index (χ0) is 17.9. The molecule has 24 heavy (non-hydrogen) atoms. The Hall–Kier alpha value is -2.22. The zero-order valence-electron chi connectivity index (χ0n) is 14.0. The number of hydrogen-bond acceptors (Lipinski definition) is 4. The molecule has 0 unspecified atom stereocenters. The zero-order valence-corrected chi connectivity index (χ0v) is 14.8. The van der Waals surface area contributed by atoms with Crippen molar-refractivity contribution in [2.45, 2.75) is 18.7 Å². The van der Waals surface area contributed by atoms with E-state index in [0.717, 1.165) is 15.6 Å². The third-order valence-corrected chi connectivity index (χ3v) is 5.47. The highest BCUT2D eigenvalue weighted by Crippen LogP contribution is 2.18. The Bertz CT molecular complexity index is 845. The average molecular weight is 348 g/mol. The molecule has 0 aliphatic carbocycles. The van der Waals surface area contributed by atoms with Gasteiger partial charge in [0.25, 0.3) is 15.9 Å². The smallest absolute Gasteiger partial charge is 0.264 e. The van der Waals surface area contributed by atoms with Crippen molar-refractivity contribution in [3.63, 3.8) is 0 Å². The summed E-state index contributed by atoms with van der Waals surface area (Å²) < 4.78 is 25.0. The van der Waals surface area contributed by atoms with Gasteiger partial charge in [-0.05, 0) is 61.4 Å². The van der Waals surface area contributed by atoms with Crippen LogP contribution in [0.4, 0.5) is 5.69 Å². The summed E-state index contributed by atoms with van der Waals surface area (Å²) in [4.78, 5) is 17.1. The number of carbonyl (C=O) groups is 1. The molecule has 0 bridgehead atoms. The SMILES string of the molecule is CON(C)S(=O)(=O)c1ccc(NC(=O)c2ccc(C)c(C)c2)cc1. The summed E-state index contributed by atoms with van der Waals surface area (Å²) in [6.45, 7) is 3.92. The van der Waals surface area contributed by atoms with Gasteiger partial charge in [0, 0.05) is 18.3 Å². The highest BCUT2D eigenvalue weighted by Gasteiger charge is 2.20. The lowest BCUT2D eigenvalue weighted by Gasteiger charge is -2.14. The van der Waals surface area contributed by atoms with Crippen LogP contribution in [0.15, 0.2) is 47.4 Å². The van der Waals surface area contributed by atoms with Gasteiger partial charge in [0.1, 0.15) is 0 Å². The molecule has 0 fully saturated rings. The number of aryl methyl sites for hydroxylation is 2. The molecule has 0 radical (unpaired) electrons. The minimum absolute atomic E-state index is 0.0797. The maximum Gasteiger partial charge on any atom is 0.264 e. The third-order valence-electron chi connectivity index (χ3n) is 3.77. The van der Waals surface area contributed by atoms with Crippen molar-refractivity contribution in [2.24, 2.45) is 0 Å². The Morgan fingerprint density at radius 1 is 1.04 bits per heavy atom. The third kappa shape index (κ3) is 3.81. The number of hydroxylamine groups is 1. The van der Waals surface area contributed by atoms with Gasteiger partial charge in [-0.25, -0.2) is 8.42 Å². The summed E-state index contributed by atoms with van der Waals surface area (Å²) in [5.41, 5.74) is 3.21. The van der Waals surface area contributed by atoms with E-state index >= 15 is 0 Å². The summed E-state index contributed by atoms with van der Waals surface area (Å²) >= 11 is 0. The Kier molecular flexibility index (Phi) is 5.38. The molecule has 6 nitrogen and oxygen atoms in total. The van der Waals surface area contributed by atoms with Crippen LogP contribution in [0.1, 0.15) is 21.5 Å². The maximum atomic E-state index is 12.3. The first-order chi connectivity index (χ1) is 11.3. The molecule has 0 aromatic heterocycles. The Morgan fingerprint density at radius 2 is 1.67 bits per heavy atom. The van der Waals surface area contributed by atoms with Crippen molar-refractivity contribution in [2.75, 3.05) is 19.5 Å². The largest absolute Gasteiger partial charge is 0.322 e. The predicted molar refractivity (Wildman–Crippen MR) is 92.3 cm³/mol. The van der Waals surface area contributed by atoms with Gasteiger partial charge >= 0.3 is 0 Å². The number of nitrogens with one attached hydrogen (secondary N) is 1.